The molecule has 0 aromatic heterocycles. The van der Waals surface area contributed by atoms with Crippen LogP contribution < -0.4 is 5.32 Å². The molecule has 0 aliphatic carbocycles. The molecule has 0 atom stereocenters. The molecule has 1 saturated heterocycles. The SMILES string of the molecule is Cc1ccc(S(=O)(=O)N2CCC(Nc3ccc(Cl)cc3C#N)CC2)cc1. The van der Waals surface area contributed by atoms with E-state index in [2.05, 4.69) is 11.4 Å². The summed E-state index contributed by atoms with van der Waals surface area (Å²) in [5.74, 6) is 0. The van der Waals surface area contributed by atoms with Crippen molar-refractivity contribution >= 4 is 27.3 Å². The van der Waals surface area contributed by atoms with Gasteiger partial charge in [-0.3, -0.25) is 0 Å². The van der Waals surface area contributed by atoms with Crippen LogP contribution in [-0.2, 0) is 10.0 Å². The van der Waals surface area contributed by atoms with E-state index in [1.165, 1.54) is 4.31 Å². The standard InChI is InChI=1S/C19H20ClN3O2S/c1-14-2-5-18(6-3-14)26(24,25)23-10-8-17(9-11-23)22-19-7-4-16(20)12-15(19)13-21/h2-7,12,17,22H,8-11H2,1H3. The third-order valence-electron chi connectivity index (χ3n) is 4.57. The number of sulfonamides is 1. The van der Waals surface area contributed by atoms with Gasteiger partial charge in [0.2, 0.25) is 10.0 Å². The van der Waals surface area contributed by atoms with Gasteiger partial charge in [0.1, 0.15) is 6.07 Å². The molecule has 1 heterocycles. The Kier molecular flexibility index (Phi) is 5.52. The molecule has 0 unspecified atom stereocenters. The summed E-state index contributed by atoms with van der Waals surface area (Å²) in [6, 6.07) is 14.3. The molecule has 1 N–H and O–H groups in total. The molecule has 5 nitrogen and oxygen atoms in total. The molecule has 0 spiro atoms. The van der Waals surface area contributed by atoms with E-state index in [0.717, 1.165) is 11.3 Å². The van der Waals surface area contributed by atoms with Gasteiger partial charge in [0.15, 0.2) is 0 Å². The van der Waals surface area contributed by atoms with Crippen molar-refractivity contribution in [1.29, 1.82) is 5.26 Å². The average molecular weight is 390 g/mol. The van der Waals surface area contributed by atoms with Crippen molar-refractivity contribution in [3.8, 4) is 6.07 Å². The third kappa shape index (κ3) is 4.01. The minimum absolute atomic E-state index is 0.118. The number of rotatable bonds is 4. The van der Waals surface area contributed by atoms with Crippen LogP contribution in [-0.4, -0.2) is 31.9 Å². The molecule has 2 aromatic rings. The second kappa shape index (κ2) is 7.67. The second-order valence-corrected chi connectivity index (χ2v) is 8.81. The highest BCUT2D eigenvalue weighted by atomic mass is 35.5. The normalized spacial score (nSPS) is 16.2. The first-order valence-electron chi connectivity index (χ1n) is 8.43. The summed E-state index contributed by atoms with van der Waals surface area (Å²) in [4.78, 5) is 0.332. The summed E-state index contributed by atoms with van der Waals surface area (Å²) in [6.07, 6.45) is 1.36. The third-order valence-corrected chi connectivity index (χ3v) is 6.72. The molecule has 2 aromatic carbocycles. The minimum atomic E-state index is -3.46. The molecule has 0 bridgehead atoms. The van der Waals surface area contributed by atoms with Gasteiger partial charge >= 0.3 is 0 Å². The zero-order chi connectivity index (χ0) is 18.7. The number of hydrogen-bond donors (Lipinski definition) is 1. The fraction of sp³-hybridized carbons (Fsp3) is 0.316. The summed E-state index contributed by atoms with van der Waals surface area (Å²) in [5, 5.41) is 13.1. The predicted octanol–water partition coefficient (Wildman–Crippen LogP) is 3.79. The first-order chi connectivity index (χ1) is 12.4. The summed E-state index contributed by atoms with van der Waals surface area (Å²) in [7, 11) is -3.46. The van der Waals surface area contributed by atoms with Gasteiger partial charge in [0, 0.05) is 24.2 Å². The highest BCUT2D eigenvalue weighted by Crippen LogP contribution is 2.25. The molecule has 136 valence electrons. The van der Waals surface area contributed by atoms with Crippen molar-refractivity contribution in [2.75, 3.05) is 18.4 Å². The van der Waals surface area contributed by atoms with Gasteiger partial charge in [-0.1, -0.05) is 29.3 Å². The minimum Gasteiger partial charge on any atom is -0.381 e. The molecule has 26 heavy (non-hydrogen) atoms. The maximum absolute atomic E-state index is 12.7. The van der Waals surface area contributed by atoms with E-state index in [4.69, 9.17) is 11.6 Å². The summed E-state index contributed by atoms with van der Waals surface area (Å²) >= 11 is 5.92. The van der Waals surface area contributed by atoms with Crippen LogP contribution in [0.5, 0.6) is 0 Å². The lowest BCUT2D eigenvalue weighted by atomic mass is 10.1. The molecule has 1 aliphatic rings. The van der Waals surface area contributed by atoms with Crippen molar-refractivity contribution in [3.63, 3.8) is 0 Å². The molecule has 7 heteroatoms. The van der Waals surface area contributed by atoms with E-state index in [-0.39, 0.29) is 6.04 Å². The number of benzene rings is 2. The molecular formula is C19H20ClN3O2S. The Bertz CT molecular complexity index is 928. The van der Waals surface area contributed by atoms with Gasteiger partial charge in [0.05, 0.1) is 16.1 Å². The maximum atomic E-state index is 12.7. The van der Waals surface area contributed by atoms with Crippen LogP contribution in [0, 0.1) is 18.3 Å². The second-order valence-electron chi connectivity index (χ2n) is 6.44. The van der Waals surface area contributed by atoms with Crippen LogP contribution in [0.25, 0.3) is 0 Å². The number of aryl methyl sites for hydroxylation is 1. The first kappa shape index (κ1) is 18.7. The highest BCUT2D eigenvalue weighted by molar-refractivity contribution is 7.89. The molecular weight excluding hydrogens is 370 g/mol. The van der Waals surface area contributed by atoms with Crippen molar-refractivity contribution in [1.82, 2.24) is 4.31 Å². The highest BCUT2D eigenvalue weighted by Gasteiger charge is 2.29. The zero-order valence-electron chi connectivity index (χ0n) is 14.4. The topological polar surface area (TPSA) is 73.2 Å². The zero-order valence-corrected chi connectivity index (χ0v) is 16.0. The molecule has 0 saturated carbocycles. The van der Waals surface area contributed by atoms with Gasteiger partial charge in [-0.15, -0.1) is 0 Å². The average Bonchev–Trinajstić information content (AvgIpc) is 2.64. The number of anilines is 1. The maximum Gasteiger partial charge on any atom is 0.243 e. The van der Waals surface area contributed by atoms with Gasteiger partial charge in [-0.25, -0.2) is 8.42 Å². The van der Waals surface area contributed by atoms with Crippen LogP contribution in [0.1, 0.15) is 24.0 Å². The van der Waals surface area contributed by atoms with Crippen LogP contribution in [0.2, 0.25) is 5.02 Å². The Labute approximate surface area is 159 Å². The quantitative estimate of drug-likeness (QED) is 0.863. The summed E-state index contributed by atoms with van der Waals surface area (Å²) in [5.41, 5.74) is 2.26. The number of nitriles is 1. The van der Waals surface area contributed by atoms with E-state index in [1.807, 2.05) is 19.1 Å². The Balaban J connectivity index is 1.66. The van der Waals surface area contributed by atoms with Crippen LogP contribution >= 0.6 is 11.6 Å². The summed E-state index contributed by atoms with van der Waals surface area (Å²) < 4.78 is 27.0. The number of halogens is 1. The van der Waals surface area contributed by atoms with E-state index in [0.29, 0.717) is 41.4 Å². The van der Waals surface area contributed by atoms with Gasteiger partial charge in [-0.05, 0) is 50.1 Å². The van der Waals surface area contributed by atoms with Gasteiger partial charge in [0.25, 0.3) is 0 Å². The Hall–Kier alpha value is -2.07. The van der Waals surface area contributed by atoms with Crippen molar-refractivity contribution in [2.24, 2.45) is 0 Å². The van der Waals surface area contributed by atoms with Crippen LogP contribution in [0.4, 0.5) is 5.69 Å². The molecule has 3 rings (SSSR count). The number of hydrogen-bond acceptors (Lipinski definition) is 4. The summed E-state index contributed by atoms with van der Waals surface area (Å²) in [6.45, 7) is 2.83. The number of nitrogens with one attached hydrogen (secondary N) is 1. The van der Waals surface area contributed by atoms with E-state index >= 15 is 0 Å². The fourth-order valence-electron chi connectivity index (χ4n) is 3.05. The smallest absolute Gasteiger partial charge is 0.243 e. The number of nitrogens with zero attached hydrogens (tertiary/aromatic N) is 2. The molecule has 0 radical (unpaired) electrons. The first-order valence-corrected chi connectivity index (χ1v) is 10.2. The lowest BCUT2D eigenvalue weighted by molar-refractivity contribution is 0.329. The monoisotopic (exact) mass is 389 g/mol. The van der Waals surface area contributed by atoms with Crippen molar-refractivity contribution in [3.05, 3.63) is 58.6 Å². The van der Waals surface area contributed by atoms with Gasteiger partial charge < -0.3 is 5.32 Å². The van der Waals surface area contributed by atoms with E-state index in [1.54, 1.807) is 30.3 Å². The molecule has 0 amide bonds. The van der Waals surface area contributed by atoms with Gasteiger partial charge in [-0.2, -0.15) is 9.57 Å². The largest absolute Gasteiger partial charge is 0.381 e. The Morgan fingerprint density at radius 3 is 2.42 bits per heavy atom. The fourth-order valence-corrected chi connectivity index (χ4v) is 4.70. The molecule has 1 fully saturated rings. The van der Waals surface area contributed by atoms with Crippen LogP contribution in [0.15, 0.2) is 47.4 Å². The lowest BCUT2D eigenvalue weighted by Crippen LogP contribution is -2.42. The Morgan fingerprint density at radius 2 is 1.81 bits per heavy atom. The van der Waals surface area contributed by atoms with Crippen molar-refractivity contribution in [2.45, 2.75) is 30.7 Å². The van der Waals surface area contributed by atoms with Crippen LogP contribution in [0.3, 0.4) is 0 Å². The molecule has 1 aliphatic heterocycles. The Morgan fingerprint density at radius 1 is 1.15 bits per heavy atom. The van der Waals surface area contributed by atoms with E-state index in [9.17, 15) is 13.7 Å². The van der Waals surface area contributed by atoms with E-state index < -0.39 is 10.0 Å². The van der Waals surface area contributed by atoms with Crippen molar-refractivity contribution < 1.29 is 8.42 Å². The predicted molar refractivity (Wildman–Crippen MR) is 103 cm³/mol. The number of piperidine rings is 1. The lowest BCUT2D eigenvalue weighted by Gasteiger charge is -2.32.